The van der Waals surface area contributed by atoms with Crippen molar-refractivity contribution in [3.05, 3.63) is 56.7 Å². The van der Waals surface area contributed by atoms with Crippen molar-refractivity contribution in [2.45, 2.75) is 50.4 Å². The van der Waals surface area contributed by atoms with Crippen LogP contribution < -0.4 is 5.32 Å². The number of nitrogens with zero attached hydrogens (tertiary/aromatic N) is 4. The van der Waals surface area contributed by atoms with Crippen LogP contribution in [0.25, 0.3) is 0 Å². The van der Waals surface area contributed by atoms with E-state index in [0.29, 0.717) is 24.2 Å². The highest BCUT2D eigenvalue weighted by Gasteiger charge is 2.38. The topological polar surface area (TPSA) is 93.3 Å². The van der Waals surface area contributed by atoms with E-state index in [1.807, 2.05) is 12.1 Å². The number of fused-ring (bicyclic) bond motifs is 2. The van der Waals surface area contributed by atoms with Crippen LogP contribution in [-0.2, 0) is 6.54 Å². The number of hydrogen-bond donors (Lipinski definition) is 1. The molecule has 0 aliphatic carbocycles. The van der Waals surface area contributed by atoms with Crippen LogP contribution in [0.3, 0.4) is 0 Å². The summed E-state index contributed by atoms with van der Waals surface area (Å²) in [5, 5.41) is 17.9. The van der Waals surface area contributed by atoms with E-state index in [9.17, 15) is 14.9 Å². The monoisotopic (exact) mass is 403 g/mol. The molecule has 2 bridgehead atoms. The van der Waals surface area contributed by atoms with Gasteiger partial charge in [-0.15, -0.1) is 0 Å². The molecule has 1 aromatic carbocycles. The molecule has 0 unspecified atom stereocenters. The Hall–Kier alpha value is -2.45. The Labute approximate surface area is 167 Å². The number of piperidine rings is 1. The number of aromatic nitrogens is 2. The van der Waals surface area contributed by atoms with Crippen LogP contribution in [0.15, 0.2) is 30.5 Å². The van der Waals surface area contributed by atoms with Crippen LogP contribution >= 0.6 is 11.6 Å². The highest BCUT2D eigenvalue weighted by Crippen LogP contribution is 2.34. The molecule has 0 saturated carbocycles. The fourth-order valence-corrected chi connectivity index (χ4v) is 4.56. The van der Waals surface area contributed by atoms with Gasteiger partial charge in [0.2, 0.25) is 0 Å². The minimum atomic E-state index is -0.610. The van der Waals surface area contributed by atoms with Crippen molar-refractivity contribution in [2.75, 3.05) is 7.05 Å². The molecular formula is C19H22ClN5O3. The molecule has 2 aliphatic heterocycles. The minimum absolute atomic E-state index is 0.00749. The quantitative estimate of drug-likeness (QED) is 0.612. The van der Waals surface area contributed by atoms with Gasteiger partial charge >= 0.3 is 5.82 Å². The molecule has 2 fully saturated rings. The molecule has 1 N–H and O–H groups in total. The lowest BCUT2D eigenvalue weighted by atomic mass is 9.97. The Morgan fingerprint density at radius 3 is 2.50 bits per heavy atom. The maximum Gasteiger partial charge on any atom is 0.408 e. The third-order valence-corrected chi connectivity index (χ3v) is 6.13. The molecule has 9 heteroatoms. The van der Waals surface area contributed by atoms with E-state index in [1.54, 1.807) is 12.1 Å². The third kappa shape index (κ3) is 3.74. The van der Waals surface area contributed by atoms with E-state index < -0.39 is 4.92 Å². The fraction of sp³-hybridized carbons (Fsp3) is 0.474. The molecule has 2 saturated heterocycles. The lowest BCUT2D eigenvalue weighted by Gasteiger charge is -2.36. The molecule has 1 amide bonds. The van der Waals surface area contributed by atoms with E-state index in [-0.39, 0.29) is 22.8 Å². The zero-order chi connectivity index (χ0) is 19.8. The van der Waals surface area contributed by atoms with Crippen molar-refractivity contribution in [1.29, 1.82) is 0 Å². The lowest BCUT2D eigenvalue weighted by molar-refractivity contribution is -0.389. The Bertz CT molecular complexity index is 883. The van der Waals surface area contributed by atoms with Gasteiger partial charge in [-0.05, 0) is 55.4 Å². The fourth-order valence-electron chi connectivity index (χ4n) is 4.34. The van der Waals surface area contributed by atoms with Crippen molar-refractivity contribution in [2.24, 2.45) is 0 Å². The zero-order valence-corrected chi connectivity index (χ0v) is 16.3. The molecule has 1 aromatic heterocycles. The maximum atomic E-state index is 12.6. The van der Waals surface area contributed by atoms with Crippen LogP contribution in [0.5, 0.6) is 0 Å². The van der Waals surface area contributed by atoms with Gasteiger partial charge in [-0.3, -0.25) is 4.79 Å². The van der Waals surface area contributed by atoms with E-state index in [2.05, 4.69) is 22.4 Å². The van der Waals surface area contributed by atoms with Gasteiger partial charge in [-0.25, -0.2) is 0 Å². The second kappa shape index (κ2) is 7.52. The van der Waals surface area contributed by atoms with Crippen molar-refractivity contribution in [3.63, 3.8) is 0 Å². The maximum absolute atomic E-state index is 12.6. The molecule has 2 aromatic rings. The summed E-state index contributed by atoms with van der Waals surface area (Å²) in [6, 6.07) is 8.59. The van der Waals surface area contributed by atoms with Crippen LogP contribution in [0.4, 0.5) is 5.82 Å². The largest absolute Gasteiger partial charge is 0.408 e. The number of amides is 1. The predicted molar refractivity (Wildman–Crippen MR) is 104 cm³/mol. The Balaban J connectivity index is 1.37. The number of nitro groups is 1. The smallest absolute Gasteiger partial charge is 0.358 e. The van der Waals surface area contributed by atoms with Gasteiger partial charge in [-0.2, -0.15) is 4.68 Å². The third-order valence-electron chi connectivity index (χ3n) is 5.87. The predicted octanol–water partition coefficient (Wildman–Crippen LogP) is 2.85. The van der Waals surface area contributed by atoms with Gasteiger partial charge in [0.15, 0.2) is 5.02 Å². The van der Waals surface area contributed by atoms with Crippen LogP contribution in [0.2, 0.25) is 5.02 Å². The lowest BCUT2D eigenvalue weighted by Crippen LogP contribution is -2.48. The SMILES string of the molecule is CN1[C@H]2CC[C@H]1CC(NC(=O)c1ccc(Cn3cc(Cl)c([N+](=O)[O-])n3)cc1)C2. The standard InChI is InChI=1S/C19H22ClN5O3/c1-23-15-6-7-16(23)9-14(8-15)21-19(26)13-4-2-12(3-5-13)10-24-11-17(20)18(22-24)25(27)28/h2-5,11,14-16H,6-10H2,1H3,(H,21,26)/t15-,16-/m0/s1. The second-order valence-corrected chi connectivity index (χ2v) is 8.05. The number of rotatable bonds is 5. The van der Waals surface area contributed by atoms with Crippen LogP contribution in [-0.4, -0.2) is 50.7 Å². The minimum Gasteiger partial charge on any atom is -0.358 e. The number of carbonyl (C=O) groups excluding carboxylic acids is 1. The average molecular weight is 404 g/mol. The first-order valence-electron chi connectivity index (χ1n) is 9.40. The van der Waals surface area contributed by atoms with Gasteiger partial charge in [0, 0.05) is 23.7 Å². The van der Waals surface area contributed by atoms with E-state index in [4.69, 9.17) is 11.6 Å². The summed E-state index contributed by atoms with van der Waals surface area (Å²) in [6.07, 6.45) is 5.88. The van der Waals surface area contributed by atoms with Crippen molar-refractivity contribution < 1.29 is 9.72 Å². The van der Waals surface area contributed by atoms with Gasteiger partial charge in [0.05, 0.1) is 17.8 Å². The first kappa shape index (κ1) is 18.9. The number of carbonyl (C=O) groups is 1. The first-order valence-corrected chi connectivity index (χ1v) is 9.77. The van der Waals surface area contributed by atoms with Crippen molar-refractivity contribution in [1.82, 2.24) is 20.0 Å². The van der Waals surface area contributed by atoms with Gasteiger partial charge in [0.1, 0.15) is 0 Å². The molecular weight excluding hydrogens is 382 g/mol. The normalized spacial score (nSPS) is 24.3. The molecule has 4 rings (SSSR count). The summed E-state index contributed by atoms with van der Waals surface area (Å²) < 4.78 is 1.42. The summed E-state index contributed by atoms with van der Waals surface area (Å²) in [7, 11) is 2.18. The molecule has 8 nitrogen and oxygen atoms in total. The highest BCUT2D eigenvalue weighted by atomic mass is 35.5. The summed E-state index contributed by atoms with van der Waals surface area (Å²) in [6.45, 7) is 0.341. The Morgan fingerprint density at radius 1 is 1.29 bits per heavy atom. The van der Waals surface area contributed by atoms with Gasteiger partial charge < -0.3 is 20.3 Å². The zero-order valence-electron chi connectivity index (χ0n) is 15.5. The van der Waals surface area contributed by atoms with E-state index in [1.165, 1.54) is 23.7 Å². The number of benzene rings is 1. The molecule has 28 heavy (non-hydrogen) atoms. The molecule has 3 heterocycles. The van der Waals surface area contributed by atoms with Crippen LogP contribution in [0.1, 0.15) is 41.6 Å². The summed E-state index contributed by atoms with van der Waals surface area (Å²) in [4.78, 5) is 25.3. The van der Waals surface area contributed by atoms with Gasteiger partial charge in [-0.1, -0.05) is 23.7 Å². The van der Waals surface area contributed by atoms with Crippen LogP contribution in [0, 0.1) is 10.1 Å². The average Bonchev–Trinajstić information content (AvgIpc) is 3.10. The van der Waals surface area contributed by atoms with Gasteiger partial charge in [0.25, 0.3) is 5.91 Å². The molecule has 0 spiro atoms. The Kier molecular flexibility index (Phi) is 5.07. The van der Waals surface area contributed by atoms with Crippen molar-refractivity contribution >= 4 is 23.3 Å². The van der Waals surface area contributed by atoms with Crippen molar-refractivity contribution in [3.8, 4) is 0 Å². The van der Waals surface area contributed by atoms with E-state index >= 15 is 0 Å². The highest BCUT2D eigenvalue weighted by molar-refractivity contribution is 6.32. The summed E-state index contributed by atoms with van der Waals surface area (Å²) in [5.74, 6) is -0.414. The number of nitrogens with one attached hydrogen (secondary N) is 1. The molecule has 2 atom stereocenters. The Morgan fingerprint density at radius 2 is 1.93 bits per heavy atom. The van der Waals surface area contributed by atoms with E-state index in [0.717, 1.165) is 18.4 Å². The molecule has 148 valence electrons. The molecule has 2 aliphatic rings. The second-order valence-electron chi connectivity index (χ2n) is 7.64. The number of hydrogen-bond acceptors (Lipinski definition) is 5. The first-order chi connectivity index (χ1) is 13.4. The number of halogens is 1. The summed E-state index contributed by atoms with van der Waals surface area (Å²) >= 11 is 5.82. The summed E-state index contributed by atoms with van der Waals surface area (Å²) in [5.41, 5.74) is 1.49. The molecule has 0 radical (unpaired) electrons.